The van der Waals surface area contributed by atoms with Crippen molar-refractivity contribution in [3.63, 3.8) is 0 Å². The van der Waals surface area contributed by atoms with Crippen molar-refractivity contribution in [2.75, 3.05) is 19.8 Å². The number of halogens is 1. The molecule has 0 spiro atoms. The molecule has 2 N–H and O–H groups in total. The third kappa shape index (κ3) is 5.89. The van der Waals surface area contributed by atoms with Gasteiger partial charge in [-0.3, -0.25) is 20.4 Å². The predicted molar refractivity (Wildman–Crippen MR) is 109 cm³/mol. The molecule has 0 saturated carbocycles. The van der Waals surface area contributed by atoms with Crippen molar-refractivity contribution < 1.29 is 23.8 Å². The van der Waals surface area contributed by atoms with E-state index in [9.17, 15) is 9.59 Å². The average Bonchev–Trinajstić information content (AvgIpc) is 2.96. The molecule has 152 valence electrons. The maximum absolute atomic E-state index is 11.9. The van der Waals surface area contributed by atoms with Crippen molar-refractivity contribution in [3.8, 4) is 17.2 Å². The zero-order chi connectivity index (χ0) is 20.6. The monoisotopic (exact) mass is 416 g/mol. The maximum Gasteiger partial charge on any atom is 0.276 e. The summed E-state index contributed by atoms with van der Waals surface area (Å²) in [6, 6.07) is 10.8. The van der Waals surface area contributed by atoms with E-state index in [2.05, 4.69) is 10.9 Å². The van der Waals surface area contributed by atoms with Gasteiger partial charge in [0, 0.05) is 12.5 Å². The van der Waals surface area contributed by atoms with Crippen LogP contribution in [-0.2, 0) is 9.59 Å². The van der Waals surface area contributed by atoms with Crippen LogP contribution < -0.4 is 25.1 Å². The molecular weight excluding hydrogens is 396 g/mol. The Bertz CT molecular complexity index is 929. The third-order valence-electron chi connectivity index (χ3n) is 4.03. The van der Waals surface area contributed by atoms with Crippen molar-refractivity contribution in [1.82, 2.24) is 10.9 Å². The minimum atomic E-state index is -0.502. The van der Waals surface area contributed by atoms with Gasteiger partial charge in [-0.1, -0.05) is 29.8 Å². The lowest BCUT2D eigenvalue weighted by Crippen LogP contribution is -2.43. The van der Waals surface area contributed by atoms with Crippen molar-refractivity contribution in [3.05, 3.63) is 58.6 Å². The highest BCUT2D eigenvalue weighted by molar-refractivity contribution is 6.32. The lowest BCUT2D eigenvalue weighted by Gasteiger charge is -2.10. The Morgan fingerprint density at radius 1 is 1.17 bits per heavy atom. The Morgan fingerprint density at radius 2 is 1.97 bits per heavy atom. The normalized spacial score (nSPS) is 12.9. The molecule has 0 saturated heterocycles. The molecule has 1 aliphatic heterocycles. The lowest BCUT2D eigenvalue weighted by molar-refractivity contribution is -0.128. The number of rotatable bonds is 5. The van der Waals surface area contributed by atoms with Gasteiger partial charge in [-0.15, -0.1) is 0 Å². The Kier molecular flexibility index (Phi) is 6.97. The number of aryl methyl sites for hydroxylation is 1. The fourth-order valence-electron chi connectivity index (χ4n) is 2.59. The first kappa shape index (κ1) is 20.5. The van der Waals surface area contributed by atoms with Crippen molar-refractivity contribution >= 4 is 29.5 Å². The minimum Gasteiger partial charge on any atom is -0.489 e. The number of amides is 2. The third-order valence-corrected chi connectivity index (χ3v) is 4.31. The molecule has 0 atom stereocenters. The fourth-order valence-corrected chi connectivity index (χ4v) is 2.86. The Balaban J connectivity index is 1.49. The van der Waals surface area contributed by atoms with Gasteiger partial charge in [0.05, 0.1) is 18.2 Å². The average molecular weight is 417 g/mol. The number of ether oxygens (including phenoxy) is 3. The summed E-state index contributed by atoms with van der Waals surface area (Å²) in [5.74, 6) is 0.676. The number of fused-ring (bicyclic) bond motifs is 1. The molecule has 0 aliphatic carbocycles. The standard InChI is InChI=1S/C21H21ClN2O5/c1-14-5-2-3-6-17(14)29-13-20(26)24-23-19(25)8-7-15-11-16(22)21-18(12-15)27-9-4-10-28-21/h2-3,5-8,11-12H,4,9-10,13H2,1H3,(H,23,25)(H,24,26)/b8-7+. The van der Waals surface area contributed by atoms with E-state index in [-0.39, 0.29) is 6.61 Å². The van der Waals surface area contributed by atoms with E-state index in [0.29, 0.717) is 41.0 Å². The lowest BCUT2D eigenvalue weighted by atomic mass is 10.2. The van der Waals surface area contributed by atoms with E-state index in [1.165, 1.54) is 6.08 Å². The number of nitrogens with one attached hydrogen (secondary N) is 2. The minimum absolute atomic E-state index is 0.216. The molecule has 1 aliphatic rings. The van der Waals surface area contributed by atoms with Gasteiger partial charge in [-0.25, -0.2) is 0 Å². The molecule has 0 fully saturated rings. The molecule has 7 nitrogen and oxygen atoms in total. The smallest absolute Gasteiger partial charge is 0.276 e. The van der Waals surface area contributed by atoms with Crippen LogP contribution in [-0.4, -0.2) is 31.6 Å². The number of para-hydroxylation sites is 1. The molecule has 0 radical (unpaired) electrons. The van der Waals surface area contributed by atoms with Crippen molar-refractivity contribution in [2.24, 2.45) is 0 Å². The molecule has 2 aromatic carbocycles. The van der Waals surface area contributed by atoms with E-state index >= 15 is 0 Å². The van der Waals surface area contributed by atoms with Crippen molar-refractivity contribution in [2.45, 2.75) is 13.3 Å². The van der Waals surface area contributed by atoms with Gasteiger partial charge in [0.1, 0.15) is 5.75 Å². The predicted octanol–water partition coefficient (Wildman–Crippen LogP) is 3.05. The van der Waals surface area contributed by atoms with Crippen molar-refractivity contribution in [1.29, 1.82) is 0 Å². The second-order valence-corrected chi connectivity index (χ2v) is 6.71. The SMILES string of the molecule is Cc1ccccc1OCC(=O)NNC(=O)/C=C/c1cc(Cl)c2c(c1)OCCCO2. The van der Waals surface area contributed by atoms with Gasteiger partial charge >= 0.3 is 0 Å². The van der Waals surface area contributed by atoms with E-state index in [4.69, 9.17) is 25.8 Å². The summed E-state index contributed by atoms with van der Waals surface area (Å²) in [4.78, 5) is 23.8. The zero-order valence-corrected chi connectivity index (χ0v) is 16.6. The van der Waals surface area contributed by atoms with E-state index < -0.39 is 11.8 Å². The zero-order valence-electron chi connectivity index (χ0n) is 15.9. The summed E-state index contributed by atoms with van der Waals surface area (Å²) in [5.41, 5.74) is 6.18. The van der Waals surface area contributed by atoms with E-state index in [0.717, 1.165) is 12.0 Å². The second-order valence-electron chi connectivity index (χ2n) is 6.31. The Labute approximate surface area is 173 Å². The van der Waals surface area contributed by atoms with E-state index in [1.54, 1.807) is 24.3 Å². The Morgan fingerprint density at radius 3 is 2.79 bits per heavy atom. The number of benzene rings is 2. The van der Waals surface area contributed by atoms with Crippen LogP contribution in [0.4, 0.5) is 0 Å². The highest BCUT2D eigenvalue weighted by Crippen LogP contribution is 2.38. The summed E-state index contributed by atoms with van der Waals surface area (Å²) in [7, 11) is 0. The Hall–Kier alpha value is -3.19. The molecule has 2 amide bonds. The number of hydrazine groups is 1. The molecule has 1 heterocycles. The largest absolute Gasteiger partial charge is 0.489 e. The summed E-state index contributed by atoms with van der Waals surface area (Å²) in [5, 5.41) is 0.408. The summed E-state index contributed by atoms with van der Waals surface area (Å²) >= 11 is 6.22. The van der Waals surface area contributed by atoms with Crippen LogP contribution in [0.2, 0.25) is 5.02 Å². The summed E-state index contributed by atoms with van der Waals surface area (Å²) in [6.07, 6.45) is 3.61. The van der Waals surface area contributed by atoms with Gasteiger partial charge in [0.25, 0.3) is 11.8 Å². The molecule has 2 aromatic rings. The number of carbonyl (C=O) groups is 2. The quantitative estimate of drug-likeness (QED) is 0.578. The summed E-state index contributed by atoms with van der Waals surface area (Å²) < 4.78 is 16.6. The summed E-state index contributed by atoms with van der Waals surface area (Å²) in [6.45, 7) is 2.74. The second kappa shape index (κ2) is 9.84. The van der Waals surface area contributed by atoms with Gasteiger partial charge in [-0.05, 0) is 42.3 Å². The van der Waals surface area contributed by atoms with Crippen LogP contribution in [0.5, 0.6) is 17.2 Å². The van der Waals surface area contributed by atoms with Gasteiger partial charge < -0.3 is 14.2 Å². The molecule has 3 rings (SSSR count). The van der Waals surface area contributed by atoms with E-state index in [1.807, 2.05) is 25.1 Å². The first-order valence-electron chi connectivity index (χ1n) is 9.07. The molecule has 0 bridgehead atoms. The van der Waals surface area contributed by atoms with Gasteiger partial charge in [-0.2, -0.15) is 0 Å². The molecule has 29 heavy (non-hydrogen) atoms. The highest BCUT2D eigenvalue weighted by Gasteiger charge is 2.15. The van der Waals surface area contributed by atoms with Crippen LogP contribution in [0.3, 0.4) is 0 Å². The fraction of sp³-hybridized carbons (Fsp3) is 0.238. The number of carbonyl (C=O) groups excluding carboxylic acids is 2. The first-order valence-corrected chi connectivity index (χ1v) is 9.45. The number of hydrogen-bond acceptors (Lipinski definition) is 5. The maximum atomic E-state index is 11.9. The van der Waals surface area contributed by atoms with Gasteiger partial charge in [0.2, 0.25) is 0 Å². The van der Waals surface area contributed by atoms with Crippen LogP contribution in [0.1, 0.15) is 17.5 Å². The van der Waals surface area contributed by atoms with Crippen LogP contribution in [0.15, 0.2) is 42.5 Å². The molecule has 0 aromatic heterocycles. The van der Waals surface area contributed by atoms with Crippen LogP contribution in [0.25, 0.3) is 6.08 Å². The van der Waals surface area contributed by atoms with Crippen LogP contribution >= 0.6 is 11.6 Å². The number of hydrogen-bond donors (Lipinski definition) is 2. The topological polar surface area (TPSA) is 85.9 Å². The van der Waals surface area contributed by atoms with Gasteiger partial charge in [0.15, 0.2) is 18.1 Å². The molecule has 8 heteroatoms. The highest BCUT2D eigenvalue weighted by atomic mass is 35.5. The molecule has 0 unspecified atom stereocenters. The first-order chi connectivity index (χ1) is 14.0. The van der Waals surface area contributed by atoms with Crippen LogP contribution in [0, 0.1) is 6.92 Å². The molecular formula is C21H21ClN2O5.